The zero-order valence-corrected chi connectivity index (χ0v) is 12.7. The molecule has 128 valence electrons. The second kappa shape index (κ2) is 7.03. The van der Waals surface area contributed by atoms with E-state index in [1.165, 1.54) is 0 Å². The van der Waals surface area contributed by atoms with Crippen molar-refractivity contribution in [1.29, 1.82) is 0 Å². The van der Waals surface area contributed by atoms with E-state index >= 15 is 0 Å². The SMILES string of the molecule is CCN1CCC(NC(=O)Nc2cc(C(F)(F)F)c[nH]c2=O)CC1. The Hall–Kier alpha value is -2.03. The van der Waals surface area contributed by atoms with Gasteiger partial charge in [-0.15, -0.1) is 0 Å². The Bertz CT molecular complexity index is 607. The van der Waals surface area contributed by atoms with Crippen molar-refractivity contribution in [3.8, 4) is 0 Å². The predicted molar refractivity (Wildman–Crippen MR) is 79.4 cm³/mol. The summed E-state index contributed by atoms with van der Waals surface area (Å²) in [7, 11) is 0. The normalized spacial score (nSPS) is 17.0. The minimum absolute atomic E-state index is 0.0531. The largest absolute Gasteiger partial charge is 0.417 e. The third-order valence-corrected chi connectivity index (χ3v) is 3.85. The number of halogens is 3. The van der Waals surface area contributed by atoms with Crippen LogP contribution in [0.3, 0.4) is 0 Å². The summed E-state index contributed by atoms with van der Waals surface area (Å²) < 4.78 is 37.9. The molecule has 0 bridgehead atoms. The van der Waals surface area contributed by atoms with Crippen LogP contribution < -0.4 is 16.2 Å². The van der Waals surface area contributed by atoms with E-state index in [0.717, 1.165) is 32.5 Å². The van der Waals surface area contributed by atoms with E-state index in [0.29, 0.717) is 12.3 Å². The summed E-state index contributed by atoms with van der Waals surface area (Å²) in [6.07, 6.45) is -2.49. The average molecular weight is 332 g/mol. The van der Waals surface area contributed by atoms with E-state index in [-0.39, 0.29) is 6.04 Å². The van der Waals surface area contributed by atoms with E-state index in [9.17, 15) is 22.8 Å². The Kier molecular flexibility index (Phi) is 5.30. The van der Waals surface area contributed by atoms with Gasteiger partial charge < -0.3 is 20.5 Å². The smallest absolute Gasteiger partial charge is 0.335 e. The summed E-state index contributed by atoms with van der Waals surface area (Å²) in [5.74, 6) is 0. The van der Waals surface area contributed by atoms with Gasteiger partial charge in [0.2, 0.25) is 0 Å². The number of hydrogen-bond acceptors (Lipinski definition) is 3. The van der Waals surface area contributed by atoms with Crippen molar-refractivity contribution in [2.45, 2.75) is 32.0 Å². The molecule has 0 aromatic carbocycles. The molecule has 0 atom stereocenters. The van der Waals surface area contributed by atoms with Gasteiger partial charge in [-0.3, -0.25) is 4.79 Å². The quantitative estimate of drug-likeness (QED) is 0.792. The van der Waals surface area contributed by atoms with E-state index in [1.807, 2.05) is 4.98 Å². The zero-order chi connectivity index (χ0) is 17.0. The number of nitrogens with zero attached hydrogens (tertiary/aromatic N) is 1. The van der Waals surface area contributed by atoms with Crippen molar-refractivity contribution in [2.75, 3.05) is 25.0 Å². The van der Waals surface area contributed by atoms with Crippen molar-refractivity contribution in [2.24, 2.45) is 0 Å². The molecule has 1 aromatic heterocycles. The van der Waals surface area contributed by atoms with Crippen LogP contribution in [0.4, 0.5) is 23.7 Å². The number of urea groups is 1. The Morgan fingerprint density at radius 1 is 1.39 bits per heavy atom. The van der Waals surface area contributed by atoms with E-state index in [4.69, 9.17) is 0 Å². The molecule has 2 amide bonds. The first-order valence-corrected chi connectivity index (χ1v) is 7.39. The minimum Gasteiger partial charge on any atom is -0.335 e. The summed E-state index contributed by atoms with van der Waals surface area (Å²) in [6.45, 7) is 4.70. The molecule has 0 saturated carbocycles. The van der Waals surface area contributed by atoms with Crippen LogP contribution in [0.2, 0.25) is 0 Å². The number of anilines is 1. The van der Waals surface area contributed by atoms with Crippen molar-refractivity contribution < 1.29 is 18.0 Å². The minimum atomic E-state index is -4.59. The number of carbonyl (C=O) groups is 1. The van der Waals surface area contributed by atoms with Gasteiger partial charge in [-0.25, -0.2) is 4.79 Å². The van der Waals surface area contributed by atoms with Crippen LogP contribution in [0.5, 0.6) is 0 Å². The maximum atomic E-state index is 12.6. The lowest BCUT2D eigenvalue weighted by Crippen LogP contribution is -2.46. The number of carbonyl (C=O) groups excluding carboxylic acids is 1. The van der Waals surface area contributed by atoms with E-state index in [1.54, 1.807) is 0 Å². The van der Waals surface area contributed by atoms with Crippen molar-refractivity contribution in [1.82, 2.24) is 15.2 Å². The first kappa shape index (κ1) is 17.3. The zero-order valence-electron chi connectivity index (χ0n) is 12.7. The maximum Gasteiger partial charge on any atom is 0.417 e. The standard InChI is InChI=1S/C14H19F3N4O2/c1-2-21-5-3-10(4-6-21)19-13(23)20-11-7-9(14(15,16)17)8-18-12(11)22/h7-8,10H,2-6H2,1H3,(H,18,22)(H2,19,20,23). The number of rotatable bonds is 3. The third-order valence-electron chi connectivity index (χ3n) is 3.85. The second-order valence-corrected chi connectivity index (χ2v) is 5.44. The van der Waals surface area contributed by atoms with E-state index < -0.39 is 29.0 Å². The van der Waals surface area contributed by atoms with Gasteiger partial charge in [0, 0.05) is 25.3 Å². The Morgan fingerprint density at radius 3 is 2.61 bits per heavy atom. The fourth-order valence-corrected chi connectivity index (χ4v) is 2.48. The van der Waals surface area contributed by atoms with Gasteiger partial charge in [-0.05, 0) is 25.5 Å². The predicted octanol–water partition coefficient (Wildman–Crippen LogP) is 2.00. The van der Waals surface area contributed by atoms with Crippen LogP contribution in [0.25, 0.3) is 0 Å². The summed E-state index contributed by atoms with van der Waals surface area (Å²) in [5, 5.41) is 4.87. The monoisotopic (exact) mass is 332 g/mol. The molecule has 0 radical (unpaired) electrons. The van der Waals surface area contributed by atoms with Crippen molar-refractivity contribution >= 4 is 11.7 Å². The number of aromatic amines is 1. The highest BCUT2D eigenvalue weighted by Gasteiger charge is 2.31. The Morgan fingerprint density at radius 2 is 2.04 bits per heavy atom. The fourth-order valence-electron chi connectivity index (χ4n) is 2.48. The molecule has 2 heterocycles. The number of hydrogen-bond donors (Lipinski definition) is 3. The highest BCUT2D eigenvalue weighted by atomic mass is 19.4. The van der Waals surface area contributed by atoms with Crippen LogP contribution in [0.15, 0.2) is 17.1 Å². The summed E-state index contributed by atoms with van der Waals surface area (Å²) in [5.41, 5.74) is -2.24. The highest BCUT2D eigenvalue weighted by Crippen LogP contribution is 2.29. The van der Waals surface area contributed by atoms with Crippen molar-refractivity contribution in [3.05, 3.63) is 28.2 Å². The van der Waals surface area contributed by atoms with Crippen LogP contribution in [-0.2, 0) is 6.18 Å². The van der Waals surface area contributed by atoms with Gasteiger partial charge in [-0.1, -0.05) is 6.92 Å². The molecule has 0 spiro atoms. The molecule has 3 N–H and O–H groups in total. The molecule has 2 rings (SSSR count). The van der Waals surface area contributed by atoms with Gasteiger partial charge in [0.05, 0.1) is 5.56 Å². The molecule has 1 fully saturated rings. The van der Waals surface area contributed by atoms with Gasteiger partial charge in [0.15, 0.2) is 0 Å². The number of aromatic nitrogens is 1. The first-order chi connectivity index (χ1) is 10.8. The Balaban J connectivity index is 1.97. The molecule has 9 heteroatoms. The molecule has 0 aliphatic carbocycles. The molecule has 6 nitrogen and oxygen atoms in total. The molecular formula is C14H19F3N4O2. The van der Waals surface area contributed by atoms with Gasteiger partial charge in [0.25, 0.3) is 5.56 Å². The molecule has 1 aromatic rings. The van der Waals surface area contributed by atoms with Crippen LogP contribution in [0, 0.1) is 0 Å². The van der Waals surface area contributed by atoms with Crippen molar-refractivity contribution in [3.63, 3.8) is 0 Å². The van der Waals surface area contributed by atoms with Gasteiger partial charge in [-0.2, -0.15) is 13.2 Å². The first-order valence-electron chi connectivity index (χ1n) is 7.39. The van der Waals surface area contributed by atoms with Gasteiger partial charge in [0.1, 0.15) is 5.69 Å². The number of alkyl halides is 3. The van der Waals surface area contributed by atoms with Crippen LogP contribution >= 0.6 is 0 Å². The second-order valence-electron chi connectivity index (χ2n) is 5.44. The average Bonchev–Trinajstić information content (AvgIpc) is 2.49. The topological polar surface area (TPSA) is 77.2 Å². The third kappa shape index (κ3) is 4.72. The Labute approximate surface area is 131 Å². The number of likely N-dealkylation sites (tertiary alicyclic amines) is 1. The fraction of sp³-hybridized carbons (Fsp3) is 0.571. The summed E-state index contributed by atoms with van der Waals surface area (Å²) in [4.78, 5) is 27.6. The van der Waals surface area contributed by atoms with Crippen LogP contribution in [0.1, 0.15) is 25.3 Å². The lowest BCUT2D eigenvalue weighted by molar-refractivity contribution is -0.137. The molecule has 1 saturated heterocycles. The number of amides is 2. The van der Waals surface area contributed by atoms with E-state index in [2.05, 4.69) is 22.5 Å². The molecule has 1 aliphatic heterocycles. The molecule has 1 aliphatic rings. The van der Waals surface area contributed by atoms with Crippen LogP contribution in [-0.4, -0.2) is 41.6 Å². The maximum absolute atomic E-state index is 12.6. The number of pyridine rings is 1. The summed E-state index contributed by atoms with van der Waals surface area (Å²) >= 11 is 0. The number of nitrogens with one attached hydrogen (secondary N) is 3. The van der Waals surface area contributed by atoms with Gasteiger partial charge >= 0.3 is 12.2 Å². The lowest BCUT2D eigenvalue weighted by Gasteiger charge is -2.31. The number of piperidine rings is 1. The summed E-state index contributed by atoms with van der Waals surface area (Å²) in [6, 6.07) is -0.106. The molecular weight excluding hydrogens is 313 g/mol. The lowest BCUT2D eigenvalue weighted by atomic mass is 10.1. The molecule has 0 unspecified atom stereocenters. The number of H-pyrrole nitrogens is 1. The molecule has 23 heavy (non-hydrogen) atoms. The highest BCUT2D eigenvalue weighted by molar-refractivity contribution is 5.89.